The number of nitrogens with zero attached hydrogens (tertiary/aromatic N) is 1. The van der Waals surface area contributed by atoms with Crippen LogP contribution in [0.4, 0.5) is 0 Å². The van der Waals surface area contributed by atoms with Crippen LogP contribution in [0.1, 0.15) is 24.7 Å². The maximum Gasteiger partial charge on any atom is 0.329 e. The molecule has 114 valence electrons. The van der Waals surface area contributed by atoms with E-state index in [0.29, 0.717) is 17.9 Å². The standard InChI is InChI=1S/C16H17N3O3/c1-2-14(12-7-4-3-5-8-12)18-19-16(21)15(20)17-11-13-9-6-10-22-13/h3-10H,2,11H2,1H3,(H,17,20)(H,19,21)/b18-14-. The van der Waals surface area contributed by atoms with Crippen LogP contribution >= 0.6 is 0 Å². The molecule has 2 amide bonds. The Hall–Kier alpha value is -2.89. The molecule has 0 bridgehead atoms. The zero-order valence-electron chi connectivity index (χ0n) is 12.2. The van der Waals surface area contributed by atoms with Crippen molar-refractivity contribution in [2.75, 3.05) is 0 Å². The summed E-state index contributed by atoms with van der Waals surface area (Å²) in [5.41, 5.74) is 3.87. The normalized spacial score (nSPS) is 11.0. The summed E-state index contributed by atoms with van der Waals surface area (Å²) in [6, 6.07) is 12.9. The molecule has 0 fully saturated rings. The van der Waals surface area contributed by atoms with Gasteiger partial charge in [0.25, 0.3) is 0 Å². The summed E-state index contributed by atoms with van der Waals surface area (Å²) in [6.45, 7) is 2.08. The Balaban J connectivity index is 1.90. The number of furan rings is 1. The van der Waals surface area contributed by atoms with Gasteiger partial charge in [0, 0.05) is 0 Å². The highest BCUT2D eigenvalue weighted by molar-refractivity contribution is 6.35. The monoisotopic (exact) mass is 299 g/mol. The predicted molar refractivity (Wildman–Crippen MR) is 82.0 cm³/mol. The second kappa shape index (κ2) is 7.78. The highest BCUT2D eigenvalue weighted by atomic mass is 16.3. The van der Waals surface area contributed by atoms with E-state index in [2.05, 4.69) is 15.8 Å². The average molecular weight is 299 g/mol. The molecule has 0 unspecified atom stereocenters. The molecular weight excluding hydrogens is 282 g/mol. The number of hydrazone groups is 1. The molecule has 0 spiro atoms. The molecular formula is C16H17N3O3. The van der Waals surface area contributed by atoms with Gasteiger partial charge in [0.1, 0.15) is 5.76 Å². The van der Waals surface area contributed by atoms with E-state index in [-0.39, 0.29) is 6.54 Å². The van der Waals surface area contributed by atoms with Gasteiger partial charge in [0.05, 0.1) is 18.5 Å². The molecule has 0 saturated carbocycles. The van der Waals surface area contributed by atoms with Crippen LogP contribution in [0.5, 0.6) is 0 Å². The number of carbonyl (C=O) groups is 2. The maximum atomic E-state index is 11.7. The summed E-state index contributed by atoms with van der Waals surface area (Å²) < 4.78 is 5.06. The third-order valence-corrected chi connectivity index (χ3v) is 2.94. The minimum absolute atomic E-state index is 0.155. The summed E-state index contributed by atoms with van der Waals surface area (Å²) in [7, 11) is 0. The molecule has 0 radical (unpaired) electrons. The van der Waals surface area contributed by atoms with Crippen molar-refractivity contribution in [2.45, 2.75) is 19.9 Å². The van der Waals surface area contributed by atoms with Gasteiger partial charge in [0.2, 0.25) is 0 Å². The van der Waals surface area contributed by atoms with Crippen molar-refractivity contribution in [1.29, 1.82) is 0 Å². The van der Waals surface area contributed by atoms with E-state index in [1.807, 2.05) is 37.3 Å². The van der Waals surface area contributed by atoms with Gasteiger partial charge in [-0.15, -0.1) is 0 Å². The number of amides is 2. The van der Waals surface area contributed by atoms with Crippen LogP contribution in [0.25, 0.3) is 0 Å². The van der Waals surface area contributed by atoms with E-state index >= 15 is 0 Å². The van der Waals surface area contributed by atoms with E-state index in [1.54, 1.807) is 12.1 Å². The van der Waals surface area contributed by atoms with Crippen molar-refractivity contribution in [3.63, 3.8) is 0 Å². The van der Waals surface area contributed by atoms with Gasteiger partial charge in [-0.25, -0.2) is 5.43 Å². The number of rotatable bonds is 5. The summed E-state index contributed by atoms with van der Waals surface area (Å²) >= 11 is 0. The Labute approximate surface area is 128 Å². The lowest BCUT2D eigenvalue weighted by molar-refractivity contribution is -0.139. The molecule has 0 atom stereocenters. The molecule has 0 aliphatic rings. The summed E-state index contributed by atoms with van der Waals surface area (Å²) in [4.78, 5) is 23.3. The lowest BCUT2D eigenvalue weighted by Gasteiger charge is -2.05. The molecule has 2 rings (SSSR count). The lowest BCUT2D eigenvalue weighted by Crippen LogP contribution is -2.37. The van der Waals surface area contributed by atoms with E-state index in [0.717, 1.165) is 5.56 Å². The largest absolute Gasteiger partial charge is 0.467 e. The first-order valence-corrected chi connectivity index (χ1v) is 6.93. The van der Waals surface area contributed by atoms with Crippen LogP contribution in [-0.2, 0) is 16.1 Å². The third kappa shape index (κ3) is 4.31. The van der Waals surface area contributed by atoms with Crippen LogP contribution in [0.2, 0.25) is 0 Å². The van der Waals surface area contributed by atoms with E-state index in [9.17, 15) is 9.59 Å². The van der Waals surface area contributed by atoms with Crippen LogP contribution in [0.3, 0.4) is 0 Å². The molecule has 6 nitrogen and oxygen atoms in total. The van der Waals surface area contributed by atoms with Gasteiger partial charge in [-0.2, -0.15) is 5.10 Å². The van der Waals surface area contributed by atoms with Crippen LogP contribution in [-0.4, -0.2) is 17.5 Å². The van der Waals surface area contributed by atoms with Crippen molar-refractivity contribution in [2.24, 2.45) is 5.10 Å². The molecule has 0 saturated heterocycles. The van der Waals surface area contributed by atoms with Crippen molar-refractivity contribution in [3.8, 4) is 0 Å². The minimum Gasteiger partial charge on any atom is -0.467 e. The van der Waals surface area contributed by atoms with Gasteiger partial charge in [-0.05, 0) is 24.1 Å². The number of hydrogen-bond acceptors (Lipinski definition) is 4. The van der Waals surface area contributed by atoms with Crippen molar-refractivity contribution in [1.82, 2.24) is 10.7 Å². The second-order valence-electron chi connectivity index (χ2n) is 4.48. The fraction of sp³-hybridized carbons (Fsp3) is 0.188. The molecule has 2 N–H and O–H groups in total. The van der Waals surface area contributed by atoms with Gasteiger partial charge < -0.3 is 9.73 Å². The average Bonchev–Trinajstić information content (AvgIpc) is 3.07. The first-order valence-electron chi connectivity index (χ1n) is 6.93. The zero-order chi connectivity index (χ0) is 15.8. The molecule has 2 aromatic rings. The van der Waals surface area contributed by atoms with E-state index < -0.39 is 11.8 Å². The van der Waals surface area contributed by atoms with Gasteiger partial charge in [-0.1, -0.05) is 37.3 Å². The Bertz CT molecular complexity index is 649. The number of nitrogens with one attached hydrogen (secondary N) is 2. The van der Waals surface area contributed by atoms with Crippen LogP contribution in [0.15, 0.2) is 58.2 Å². The first kappa shape index (κ1) is 15.5. The fourth-order valence-electron chi connectivity index (χ4n) is 1.81. The number of benzene rings is 1. The number of hydrogen-bond donors (Lipinski definition) is 2. The van der Waals surface area contributed by atoms with Crippen LogP contribution < -0.4 is 10.7 Å². The Morgan fingerprint density at radius 2 is 1.86 bits per heavy atom. The lowest BCUT2D eigenvalue weighted by atomic mass is 10.1. The smallest absolute Gasteiger partial charge is 0.329 e. The minimum atomic E-state index is -0.812. The topological polar surface area (TPSA) is 83.7 Å². The Morgan fingerprint density at radius 1 is 1.09 bits per heavy atom. The number of carbonyl (C=O) groups excluding carboxylic acids is 2. The maximum absolute atomic E-state index is 11.7. The summed E-state index contributed by atoms with van der Waals surface area (Å²) in [5.74, 6) is -1.000. The summed E-state index contributed by atoms with van der Waals surface area (Å²) in [5, 5.41) is 6.46. The molecule has 0 aliphatic heterocycles. The molecule has 1 heterocycles. The quantitative estimate of drug-likeness (QED) is 0.502. The first-order chi connectivity index (χ1) is 10.7. The predicted octanol–water partition coefficient (Wildman–Crippen LogP) is 1.83. The molecule has 1 aromatic carbocycles. The fourth-order valence-corrected chi connectivity index (χ4v) is 1.81. The van der Waals surface area contributed by atoms with E-state index in [4.69, 9.17) is 4.42 Å². The molecule has 0 aliphatic carbocycles. The second-order valence-corrected chi connectivity index (χ2v) is 4.48. The molecule has 22 heavy (non-hydrogen) atoms. The van der Waals surface area contributed by atoms with Gasteiger partial charge in [0.15, 0.2) is 0 Å². The third-order valence-electron chi connectivity index (χ3n) is 2.94. The van der Waals surface area contributed by atoms with Crippen molar-refractivity contribution < 1.29 is 14.0 Å². The highest BCUT2D eigenvalue weighted by Crippen LogP contribution is 2.03. The highest BCUT2D eigenvalue weighted by Gasteiger charge is 2.13. The molecule has 6 heteroatoms. The summed E-state index contributed by atoms with van der Waals surface area (Å²) in [6.07, 6.45) is 2.14. The van der Waals surface area contributed by atoms with Gasteiger partial charge in [-0.3, -0.25) is 9.59 Å². The van der Waals surface area contributed by atoms with E-state index in [1.165, 1.54) is 6.26 Å². The SMILES string of the molecule is CC/C(=N/NC(=O)C(=O)NCc1ccco1)c1ccccc1. The Morgan fingerprint density at radius 3 is 2.50 bits per heavy atom. The van der Waals surface area contributed by atoms with Crippen molar-refractivity contribution >= 4 is 17.5 Å². The molecule has 1 aromatic heterocycles. The van der Waals surface area contributed by atoms with Crippen LogP contribution in [0, 0.1) is 0 Å². The zero-order valence-corrected chi connectivity index (χ0v) is 12.2. The van der Waals surface area contributed by atoms with Crippen molar-refractivity contribution in [3.05, 3.63) is 60.1 Å². The Kier molecular flexibility index (Phi) is 5.48. The van der Waals surface area contributed by atoms with Gasteiger partial charge >= 0.3 is 11.8 Å².